The van der Waals surface area contributed by atoms with Crippen LogP contribution in [-0.4, -0.2) is 35.1 Å². The van der Waals surface area contributed by atoms with E-state index >= 15 is 0 Å². The van der Waals surface area contributed by atoms with Crippen molar-refractivity contribution in [2.24, 2.45) is 0 Å². The zero-order chi connectivity index (χ0) is 15.6. The second-order valence-corrected chi connectivity index (χ2v) is 4.58. The number of H-pyrrole nitrogens is 1. The van der Waals surface area contributed by atoms with Gasteiger partial charge in [0, 0.05) is 11.1 Å². The summed E-state index contributed by atoms with van der Waals surface area (Å²) in [4.78, 5) is 31.4. The van der Waals surface area contributed by atoms with Crippen LogP contribution in [0.3, 0.4) is 0 Å². The molecule has 2 rings (SSSR count). The van der Waals surface area contributed by atoms with Gasteiger partial charge in [0.25, 0.3) is 0 Å². The summed E-state index contributed by atoms with van der Waals surface area (Å²) in [6, 6.07) is 1.63. The molecule has 0 saturated heterocycles. The molecule has 0 amide bonds. The molecule has 2 aromatic heterocycles. The summed E-state index contributed by atoms with van der Waals surface area (Å²) in [5.74, 6) is -0.875. The lowest BCUT2D eigenvalue weighted by molar-refractivity contribution is 0.0514. The molecule has 21 heavy (non-hydrogen) atoms. The molecule has 2 aromatic rings. The summed E-state index contributed by atoms with van der Waals surface area (Å²) >= 11 is 0. The molecule has 2 heterocycles. The van der Waals surface area contributed by atoms with E-state index in [0.29, 0.717) is 33.5 Å². The second-order valence-electron chi connectivity index (χ2n) is 4.58. The van der Waals surface area contributed by atoms with E-state index in [9.17, 15) is 9.59 Å². The van der Waals surface area contributed by atoms with Gasteiger partial charge >= 0.3 is 11.9 Å². The van der Waals surface area contributed by atoms with Crippen LogP contribution in [0.15, 0.2) is 6.07 Å². The molecule has 1 N–H and O–H groups in total. The van der Waals surface area contributed by atoms with Gasteiger partial charge in [0.1, 0.15) is 5.65 Å². The minimum Gasteiger partial charge on any atom is -0.462 e. The average molecular weight is 290 g/mol. The van der Waals surface area contributed by atoms with Crippen molar-refractivity contribution >= 4 is 23.0 Å². The first-order valence-corrected chi connectivity index (χ1v) is 6.83. The highest BCUT2D eigenvalue weighted by atomic mass is 16.5. The number of nitrogens with zero attached hydrogens (tertiary/aromatic N) is 1. The monoisotopic (exact) mass is 290 g/mol. The van der Waals surface area contributed by atoms with Crippen LogP contribution in [0.2, 0.25) is 0 Å². The predicted molar refractivity (Wildman–Crippen MR) is 77.5 cm³/mol. The minimum atomic E-state index is -0.446. The molecule has 0 bridgehead atoms. The normalized spacial score (nSPS) is 10.7. The highest BCUT2D eigenvalue weighted by molar-refractivity contribution is 6.06. The third-order valence-corrected chi connectivity index (χ3v) is 3.14. The summed E-state index contributed by atoms with van der Waals surface area (Å²) in [5.41, 5.74) is 2.54. The SMILES string of the molecule is CCOC(=O)c1cc2c(C(=O)OCC)c(C)[nH]c2nc1C. The first-order valence-electron chi connectivity index (χ1n) is 6.83. The zero-order valence-electron chi connectivity index (χ0n) is 12.6. The maximum atomic E-state index is 12.0. The quantitative estimate of drug-likeness (QED) is 0.875. The van der Waals surface area contributed by atoms with Gasteiger partial charge in [-0.05, 0) is 33.8 Å². The Balaban J connectivity index is 2.61. The summed E-state index contributed by atoms with van der Waals surface area (Å²) < 4.78 is 10.1. The Morgan fingerprint density at radius 2 is 1.76 bits per heavy atom. The Labute approximate surface area is 122 Å². The van der Waals surface area contributed by atoms with Crippen molar-refractivity contribution in [3.8, 4) is 0 Å². The van der Waals surface area contributed by atoms with Gasteiger partial charge in [0.05, 0.1) is 30.0 Å². The Morgan fingerprint density at radius 3 is 2.38 bits per heavy atom. The number of aromatic nitrogens is 2. The Kier molecular flexibility index (Phi) is 4.26. The van der Waals surface area contributed by atoms with Crippen LogP contribution in [0.5, 0.6) is 0 Å². The largest absolute Gasteiger partial charge is 0.462 e. The van der Waals surface area contributed by atoms with E-state index in [-0.39, 0.29) is 13.2 Å². The number of aromatic amines is 1. The van der Waals surface area contributed by atoms with Gasteiger partial charge in [-0.15, -0.1) is 0 Å². The van der Waals surface area contributed by atoms with E-state index in [1.54, 1.807) is 33.8 Å². The second kappa shape index (κ2) is 5.95. The number of hydrogen-bond acceptors (Lipinski definition) is 5. The molecule has 6 heteroatoms. The van der Waals surface area contributed by atoms with Crippen molar-refractivity contribution in [1.82, 2.24) is 9.97 Å². The standard InChI is InChI=1S/C15H18N2O4/c1-5-20-14(18)10-7-11-12(15(19)21-6-2)9(4)17-13(11)16-8(10)3/h7H,5-6H2,1-4H3,(H,16,17). The van der Waals surface area contributed by atoms with Gasteiger partial charge in [-0.1, -0.05) is 0 Å². The fraction of sp³-hybridized carbons (Fsp3) is 0.400. The number of ether oxygens (including phenoxy) is 2. The number of aryl methyl sites for hydroxylation is 2. The number of hydrogen-bond donors (Lipinski definition) is 1. The van der Waals surface area contributed by atoms with Crippen LogP contribution < -0.4 is 0 Å². The minimum absolute atomic E-state index is 0.285. The molecule has 0 aliphatic carbocycles. The zero-order valence-corrected chi connectivity index (χ0v) is 12.6. The number of nitrogens with one attached hydrogen (secondary N) is 1. The van der Waals surface area contributed by atoms with E-state index < -0.39 is 11.9 Å². The fourth-order valence-corrected chi connectivity index (χ4v) is 2.22. The summed E-state index contributed by atoms with van der Waals surface area (Å²) in [6.45, 7) is 7.56. The lowest BCUT2D eigenvalue weighted by Gasteiger charge is -2.06. The number of fused-ring (bicyclic) bond motifs is 1. The van der Waals surface area contributed by atoms with E-state index in [2.05, 4.69) is 9.97 Å². The molecule has 0 radical (unpaired) electrons. The van der Waals surface area contributed by atoms with Crippen LogP contribution in [-0.2, 0) is 9.47 Å². The van der Waals surface area contributed by atoms with E-state index in [0.717, 1.165) is 0 Å². The van der Waals surface area contributed by atoms with Gasteiger partial charge in [-0.2, -0.15) is 0 Å². The molecule has 6 nitrogen and oxygen atoms in total. The highest BCUT2D eigenvalue weighted by Crippen LogP contribution is 2.24. The van der Waals surface area contributed by atoms with E-state index in [1.807, 2.05) is 0 Å². The van der Waals surface area contributed by atoms with Crippen LogP contribution in [0.4, 0.5) is 0 Å². The van der Waals surface area contributed by atoms with Crippen LogP contribution >= 0.6 is 0 Å². The van der Waals surface area contributed by atoms with E-state index in [4.69, 9.17) is 9.47 Å². The molecule has 0 fully saturated rings. The van der Waals surface area contributed by atoms with Crippen molar-refractivity contribution in [3.05, 3.63) is 28.6 Å². The topological polar surface area (TPSA) is 81.3 Å². The Bertz CT molecular complexity index is 703. The smallest absolute Gasteiger partial charge is 0.340 e. The van der Waals surface area contributed by atoms with Crippen LogP contribution in [0, 0.1) is 13.8 Å². The van der Waals surface area contributed by atoms with Gasteiger partial charge in [-0.25, -0.2) is 14.6 Å². The van der Waals surface area contributed by atoms with Gasteiger partial charge in [0.2, 0.25) is 0 Å². The predicted octanol–water partition coefficient (Wildman–Crippen LogP) is 2.53. The van der Waals surface area contributed by atoms with Crippen LogP contribution in [0.25, 0.3) is 11.0 Å². The first-order chi connectivity index (χ1) is 9.99. The van der Waals surface area contributed by atoms with Crippen molar-refractivity contribution in [1.29, 1.82) is 0 Å². The molecule has 0 unspecified atom stereocenters. The maximum Gasteiger partial charge on any atom is 0.340 e. The number of carbonyl (C=O) groups is 2. The first kappa shape index (κ1) is 15.0. The van der Waals surface area contributed by atoms with Crippen molar-refractivity contribution < 1.29 is 19.1 Å². The number of pyridine rings is 1. The molecule has 0 saturated carbocycles. The van der Waals surface area contributed by atoms with Crippen molar-refractivity contribution in [3.63, 3.8) is 0 Å². The highest BCUT2D eigenvalue weighted by Gasteiger charge is 2.21. The number of rotatable bonds is 4. The summed E-state index contributed by atoms with van der Waals surface area (Å²) in [5, 5.41) is 0.569. The average Bonchev–Trinajstić information content (AvgIpc) is 2.73. The molecular formula is C15H18N2O4. The van der Waals surface area contributed by atoms with Crippen molar-refractivity contribution in [2.45, 2.75) is 27.7 Å². The van der Waals surface area contributed by atoms with Gasteiger partial charge < -0.3 is 14.5 Å². The molecule has 0 spiro atoms. The van der Waals surface area contributed by atoms with Crippen molar-refractivity contribution in [2.75, 3.05) is 13.2 Å². The molecule has 0 aliphatic rings. The Morgan fingerprint density at radius 1 is 1.14 bits per heavy atom. The summed E-state index contributed by atoms with van der Waals surface area (Å²) in [6.07, 6.45) is 0. The lowest BCUT2D eigenvalue weighted by Crippen LogP contribution is -2.09. The fourth-order valence-electron chi connectivity index (χ4n) is 2.22. The molecule has 112 valence electrons. The van der Waals surface area contributed by atoms with Crippen LogP contribution in [0.1, 0.15) is 46.0 Å². The number of carbonyl (C=O) groups excluding carboxylic acids is 2. The molecule has 0 aromatic carbocycles. The third kappa shape index (κ3) is 2.74. The number of esters is 2. The van der Waals surface area contributed by atoms with Gasteiger partial charge in [0.15, 0.2) is 0 Å². The van der Waals surface area contributed by atoms with Gasteiger partial charge in [-0.3, -0.25) is 0 Å². The van der Waals surface area contributed by atoms with E-state index in [1.165, 1.54) is 0 Å². The third-order valence-electron chi connectivity index (χ3n) is 3.14. The maximum absolute atomic E-state index is 12.0. The molecule has 0 atom stereocenters. The molecule has 0 aliphatic heterocycles. The summed E-state index contributed by atoms with van der Waals surface area (Å²) in [7, 11) is 0. The lowest BCUT2D eigenvalue weighted by atomic mass is 10.1. The Hall–Kier alpha value is -2.37. The molecular weight excluding hydrogens is 272 g/mol.